The zero-order valence-electron chi connectivity index (χ0n) is 19.5. The molecule has 0 bridgehead atoms. The maximum atomic E-state index is 13.3. The molecule has 0 radical (unpaired) electrons. The van der Waals surface area contributed by atoms with Crippen molar-refractivity contribution in [3.05, 3.63) is 89.2 Å². The number of nitrogens with one attached hydrogen (secondary N) is 1. The number of benzene rings is 3. The molecule has 0 saturated carbocycles. The molecule has 1 amide bonds. The molecule has 0 aromatic heterocycles. The summed E-state index contributed by atoms with van der Waals surface area (Å²) in [6.45, 7) is 3.43. The molecule has 1 heterocycles. The molecule has 3 aromatic rings. The van der Waals surface area contributed by atoms with Crippen LogP contribution in [0.2, 0.25) is 0 Å². The van der Waals surface area contributed by atoms with Crippen LogP contribution >= 0.6 is 0 Å². The van der Waals surface area contributed by atoms with Crippen LogP contribution in [0.3, 0.4) is 0 Å². The van der Waals surface area contributed by atoms with Gasteiger partial charge in [0.15, 0.2) is 5.78 Å². The van der Waals surface area contributed by atoms with E-state index in [9.17, 15) is 14.0 Å². The molecule has 1 saturated heterocycles. The van der Waals surface area contributed by atoms with Crippen LogP contribution in [0.25, 0.3) is 0 Å². The molecule has 1 aliphatic heterocycles. The third kappa shape index (κ3) is 5.11. The van der Waals surface area contributed by atoms with Crippen LogP contribution in [0.15, 0.2) is 66.7 Å². The number of rotatable bonds is 7. The van der Waals surface area contributed by atoms with Gasteiger partial charge in [0.2, 0.25) is 0 Å². The minimum atomic E-state index is -0.345. The summed E-state index contributed by atoms with van der Waals surface area (Å²) in [4.78, 5) is 28.4. The molecule has 0 unspecified atom stereocenters. The lowest BCUT2D eigenvalue weighted by molar-refractivity contribution is 0.0899. The number of hydrogen-bond acceptors (Lipinski definition) is 4. The van der Waals surface area contributed by atoms with Crippen molar-refractivity contribution in [1.82, 2.24) is 0 Å². The quantitative estimate of drug-likeness (QED) is 0.456. The first kappa shape index (κ1) is 23.5. The molecular weight excluding hydrogens is 431 g/mol. The van der Waals surface area contributed by atoms with E-state index in [1.165, 1.54) is 12.1 Å². The third-order valence-corrected chi connectivity index (χ3v) is 6.38. The van der Waals surface area contributed by atoms with Crippen molar-refractivity contribution in [2.45, 2.75) is 26.2 Å². The highest BCUT2D eigenvalue weighted by Crippen LogP contribution is 2.32. The summed E-state index contributed by atoms with van der Waals surface area (Å²) in [6, 6.07) is 18.8. The Kier molecular flexibility index (Phi) is 7.26. The van der Waals surface area contributed by atoms with E-state index in [1.807, 2.05) is 36.4 Å². The first-order chi connectivity index (χ1) is 16.5. The number of anilines is 2. The van der Waals surface area contributed by atoms with Crippen LogP contribution < -0.4 is 15.0 Å². The zero-order chi connectivity index (χ0) is 24.1. The van der Waals surface area contributed by atoms with Crippen molar-refractivity contribution in [2.75, 3.05) is 30.4 Å². The van der Waals surface area contributed by atoms with E-state index in [1.54, 1.807) is 25.3 Å². The first-order valence-corrected chi connectivity index (χ1v) is 11.6. The lowest BCUT2D eigenvalue weighted by atomic mass is 9.88. The van der Waals surface area contributed by atoms with Crippen molar-refractivity contribution in [3.8, 4) is 5.75 Å². The van der Waals surface area contributed by atoms with Gasteiger partial charge in [-0.1, -0.05) is 25.1 Å². The van der Waals surface area contributed by atoms with E-state index in [0.29, 0.717) is 48.5 Å². The van der Waals surface area contributed by atoms with E-state index in [0.717, 1.165) is 17.7 Å². The Hall–Kier alpha value is -3.67. The Balaban J connectivity index is 1.52. The SMILES string of the molecule is CCc1cccc(C(=O)Nc2cccc(OC)c2)c1N1CCC(C(=O)c2ccc(F)cc2)CC1. The second-order valence-corrected chi connectivity index (χ2v) is 8.49. The van der Waals surface area contributed by atoms with Gasteiger partial charge in [-0.2, -0.15) is 0 Å². The fourth-order valence-corrected chi connectivity index (χ4v) is 4.55. The van der Waals surface area contributed by atoms with Gasteiger partial charge in [-0.15, -0.1) is 0 Å². The zero-order valence-corrected chi connectivity index (χ0v) is 19.5. The molecule has 0 spiro atoms. The van der Waals surface area contributed by atoms with Crippen molar-refractivity contribution >= 4 is 23.1 Å². The van der Waals surface area contributed by atoms with Crippen LogP contribution in [-0.4, -0.2) is 31.9 Å². The van der Waals surface area contributed by atoms with E-state index in [2.05, 4.69) is 17.1 Å². The summed E-state index contributed by atoms with van der Waals surface area (Å²) in [5.41, 5.74) is 3.86. The number of Topliss-reactive ketones (excluding diaryl/α,β-unsaturated/α-hetero) is 1. The first-order valence-electron chi connectivity index (χ1n) is 11.6. The Morgan fingerprint density at radius 3 is 2.41 bits per heavy atom. The van der Waals surface area contributed by atoms with E-state index in [4.69, 9.17) is 4.74 Å². The molecule has 4 rings (SSSR count). The van der Waals surface area contributed by atoms with Gasteiger partial charge in [0, 0.05) is 36.3 Å². The average Bonchev–Trinajstić information content (AvgIpc) is 2.88. The third-order valence-electron chi connectivity index (χ3n) is 6.38. The monoisotopic (exact) mass is 460 g/mol. The van der Waals surface area contributed by atoms with Gasteiger partial charge in [-0.25, -0.2) is 4.39 Å². The predicted octanol–water partition coefficient (Wildman–Crippen LogP) is 5.75. The van der Waals surface area contributed by atoms with Crippen molar-refractivity contribution in [1.29, 1.82) is 0 Å². The Morgan fingerprint density at radius 2 is 1.74 bits per heavy atom. The van der Waals surface area contributed by atoms with Crippen LogP contribution in [-0.2, 0) is 6.42 Å². The minimum absolute atomic E-state index is 0.0550. The maximum absolute atomic E-state index is 13.3. The van der Waals surface area contributed by atoms with Gasteiger partial charge in [0.1, 0.15) is 11.6 Å². The molecule has 34 heavy (non-hydrogen) atoms. The van der Waals surface area contributed by atoms with Gasteiger partial charge < -0.3 is 15.0 Å². The summed E-state index contributed by atoms with van der Waals surface area (Å²) in [5, 5.41) is 2.99. The lowest BCUT2D eigenvalue weighted by Gasteiger charge is -2.35. The number of methoxy groups -OCH3 is 1. The molecular formula is C28H29FN2O3. The van der Waals surface area contributed by atoms with Gasteiger partial charge in [0.25, 0.3) is 5.91 Å². The normalized spacial score (nSPS) is 14.0. The number of ether oxygens (including phenoxy) is 1. The van der Waals surface area contributed by atoms with Crippen molar-refractivity contribution in [3.63, 3.8) is 0 Å². The van der Waals surface area contributed by atoms with E-state index >= 15 is 0 Å². The van der Waals surface area contributed by atoms with Crippen molar-refractivity contribution < 1.29 is 18.7 Å². The summed E-state index contributed by atoms with van der Waals surface area (Å²) in [5.74, 6) is 0.0996. The number of hydrogen-bond donors (Lipinski definition) is 1. The van der Waals surface area contributed by atoms with Crippen LogP contribution in [0.5, 0.6) is 5.75 Å². The van der Waals surface area contributed by atoms with Gasteiger partial charge in [-0.05, 0) is 67.3 Å². The molecule has 3 aromatic carbocycles. The standard InChI is InChI=1S/C28H29FN2O3/c1-3-19-6-4-9-25(28(33)30-23-7-5-8-24(18-23)34-2)26(19)31-16-14-21(15-17-31)27(32)20-10-12-22(29)13-11-20/h4-13,18,21H,3,14-17H2,1-2H3,(H,30,33). The molecule has 0 atom stereocenters. The Morgan fingerprint density at radius 1 is 1.03 bits per heavy atom. The second kappa shape index (κ2) is 10.5. The predicted molar refractivity (Wildman–Crippen MR) is 132 cm³/mol. The fraction of sp³-hybridized carbons (Fsp3) is 0.286. The number of ketones is 1. The number of carbonyl (C=O) groups excluding carboxylic acids is 2. The number of carbonyl (C=O) groups is 2. The molecule has 1 fully saturated rings. The van der Waals surface area contributed by atoms with E-state index in [-0.39, 0.29) is 23.4 Å². The number of nitrogens with zero attached hydrogens (tertiary/aromatic N) is 1. The summed E-state index contributed by atoms with van der Waals surface area (Å²) >= 11 is 0. The smallest absolute Gasteiger partial charge is 0.257 e. The Bertz CT molecular complexity index is 1170. The van der Waals surface area contributed by atoms with Crippen LogP contribution in [0, 0.1) is 11.7 Å². The minimum Gasteiger partial charge on any atom is -0.497 e. The topological polar surface area (TPSA) is 58.6 Å². The summed E-state index contributed by atoms with van der Waals surface area (Å²) in [6.07, 6.45) is 2.17. The lowest BCUT2D eigenvalue weighted by Crippen LogP contribution is -2.38. The van der Waals surface area contributed by atoms with Crippen LogP contribution in [0.1, 0.15) is 46.0 Å². The summed E-state index contributed by atoms with van der Waals surface area (Å²) in [7, 11) is 1.59. The van der Waals surface area contributed by atoms with Gasteiger partial charge >= 0.3 is 0 Å². The molecule has 176 valence electrons. The number of aryl methyl sites for hydroxylation is 1. The summed E-state index contributed by atoms with van der Waals surface area (Å²) < 4.78 is 18.5. The Labute approximate surface area is 199 Å². The van der Waals surface area contributed by atoms with Gasteiger partial charge in [0.05, 0.1) is 18.4 Å². The molecule has 1 aliphatic rings. The number of halogens is 1. The molecule has 0 aliphatic carbocycles. The fourth-order valence-electron chi connectivity index (χ4n) is 4.55. The second-order valence-electron chi connectivity index (χ2n) is 8.49. The highest BCUT2D eigenvalue weighted by Gasteiger charge is 2.28. The highest BCUT2D eigenvalue weighted by molar-refractivity contribution is 6.08. The van der Waals surface area contributed by atoms with Crippen molar-refractivity contribution in [2.24, 2.45) is 5.92 Å². The van der Waals surface area contributed by atoms with Crippen LogP contribution in [0.4, 0.5) is 15.8 Å². The molecule has 6 heteroatoms. The molecule has 5 nitrogen and oxygen atoms in total. The number of amides is 1. The van der Waals surface area contributed by atoms with E-state index < -0.39 is 0 Å². The maximum Gasteiger partial charge on any atom is 0.257 e. The van der Waals surface area contributed by atoms with Gasteiger partial charge in [-0.3, -0.25) is 9.59 Å². The number of para-hydroxylation sites is 1. The largest absolute Gasteiger partial charge is 0.497 e. The molecule has 1 N–H and O–H groups in total. The number of piperidine rings is 1. The highest BCUT2D eigenvalue weighted by atomic mass is 19.1. The average molecular weight is 461 g/mol.